The van der Waals surface area contributed by atoms with Crippen molar-refractivity contribution in [3.63, 3.8) is 0 Å². The summed E-state index contributed by atoms with van der Waals surface area (Å²) in [5.74, 6) is 0. The quantitative estimate of drug-likeness (QED) is 0.863. The van der Waals surface area contributed by atoms with E-state index >= 15 is 0 Å². The van der Waals surface area contributed by atoms with Gasteiger partial charge >= 0.3 is 0 Å². The molecule has 0 spiro atoms. The third kappa shape index (κ3) is 3.46. The lowest BCUT2D eigenvalue weighted by molar-refractivity contribution is 0.129. The van der Waals surface area contributed by atoms with E-state index in [4.69, 9.17) is 4.74 Å². The molecular weight excluding hydrogens is 289 g/mol. The van der Waals surface area contributed by atoms with E-state index in [1.165, 1.54) is 9.13 Å². The largest absolute Gasteiger partial charge is 0.382 e. The van der Waals surface area contributed by atoms with Gasteiger partial charge in [-0.1, -0.05) is 6.07 Å². The second-order valence-corrected chi connectivity index (χ2v) is 4.55. The number of hydrogen-bond acceptors (Lipinski definition) is 2. The van der Waals surface area contributed by atoms with Crippen molar-refractivity contribution in [3.8, 4) is 0 Å². The van der Waals surface area contributed by atoms with Crippen LogP contribution in [0.25, 0.3) is 0 Å². The van der Waals surface area contributed by atoms with Crippen molar-refractivity contribution in [2.75, 3.05) is 19.0 Å². The predicted octanol–water partition coefficient (Wildman–Crippen LogP) is 3.05. The highest BCUT2D eigenvalue weighted by Crippen LogP contribution is 2.16. The van der Waals surface area contributed by atoms with E-state index in [1.807, 2.05) is 6.92 Å². The Morgan fingerprint density at radius 1 is 1.50 bits per heavy atom. The summed E-state index contributed by atoms with van der Waals surface area (Å²) in [6.45, 7) is 5.01. The second-order valence-electron chi connectivity index (χ2n) is 3.39. The molecule has 0 radical (unpaired) electrons. The minimum absolute atomic E-state index is 0.244. The lowest BCUT2D eigenvalue weighted by atomic mass is 10.2. The SMILES string of the molecule is COC(C)CNc1ccc(C)c(I)c1. The molecule has 3 heteroatoms. The van der Waals surface area contributed by atoms with E-state index < -0.39 is 0 Å². The van der Waals surface area contributed by atoms with Crippen LogP contribution in [-0.2, 0) is 4.74 Å². The average molecular weight is 305 g/mol. The number of rotatable bonds is 4. The molecule has 0 aliphatic rings. The molecule has 0 aromatic heterocycles. The van der Waals surface area contributed by atoms with Crippen LogP contribution in [0.2, 0.25) is 0 Å². The number of hydrogen-bond donors (Lipinski definition) is 1. The van der Waals surface area contributed by atoms with Crippen LogP contribution in [0.5, 0.6) is 0 Å². The Balaban J connectivity index is 2.55. The van der Waals surface area contributed by atoms with Crippen LogP contribution in [-0.4, -0.2) is 19.8 Å². The zero-order chi connectivity index (χ0) is 10.6. The molecule has 1 rings (SSSR count). The normalized spacial score (nSPS) is 12.6. The van der Waals surface area contributed by atoms with Crippen LogP contribution >= 0.6 is 22.6 Å². The molecule has 0 saturated carbocycles. The summed E-state index contributed by atoms with van der Waals surface area (Å²) in [7, 11) is 1.73. The molecule has 0 bridgehead atoms. The maximum atomic E-state index is 5.16. The Hall–Kier alpha value is -0.290. The summed E-state index contributed by atoms with van der Waals surface area (Å²) in [5.41, 5.74) is 2.47. The van der Waals surface area contributed by atoms with Crippen molar-refractivity contribution in [1.29, 1.82) is 0 Å². The minimum Gasteiger partial charge on any atom is -0.382 e. The highest BCUT2D eigenvalue weighted by atomic mass is 127. The molecule has 0 amide bonds. The number of halogens is 1. The Morgan fingerprint density at radius 2 is 2.21 bits per heavy atom. The van der Waals surface area contributed by atoms with Crippen LogP contribution in [0.3, 0.4) is 0 Å². The smallest absolute Gasteiger partial charge is 0.0715 e. The molecular formula is C11H16INO. The molecule has 0 saturated heterocycles. The molecule has 0 aliphatic carbocycles. The topological polar surface area (TPSA) is 21.3 Å². The van der Waals surface area contributed by atoms with Gasteiger partial charge in [0.05, 0.1) is 6.10 Å². The third-order valence-corrected chi connectivity index (χ3v) is 3.33. The van der Waals surface area contributed by atoms with Crippen LogP contribution in [0.1, 0.15) is 12.5 Å². The lowest BCUT2D eigenvalue weighted by Gasteiger charge is -2.12. The van der Waals surface area contributed by atoms with Crippen LogP contribution < -0.4 is 5.32 Å². The lowest BCUT2D eigenvalue weighted by Crippen LogP contribution is -2.18. The standard InChI is InChI=1S/C11H16INO/c1-8-4-5-10(6-11(8)12)13-7-9(2)14-3/h4-6,9,13H,7H2,1-3H3. The molecule has 1 unspecified atom stereocenters. The fraction of sp³-hybridized carbons (Fsp3) is 0.455. The molecule has 0 aliphatic heterocycles. The molecule has 0 heterocycles. The highest BCUT2D eigenvalue weighted by Gasteiger charge is 2.00. The zero-order valence-corrected chi connectivity index (χ0v) is 11.0. The summed E-state index contributed by atoms with van der Waals surface area (Å²) < 4.78 is 6.45. The monoisotopic (exact) mass is 305 g/mol. The van der Waals surface area contributed by atoms with Crippen molar-refractivity contribution in [2.45, 2.75) is 20.0 Å². The maximum absolute atomic E-state index is 5.16. The zero-order valence-electron chi connectivity index (χ0n) is 8.80. The summed E-state index contributed by atoms with van der Waals surface area (Å²) in [5, 5.41) is 3.33. The van der Waals surface area contributed by atoms with Gasteiger partial charge in [-0.05, 0) is 54.1 Å². The van der Waals surface area contributed by atoms with Gasteiger partial charge in [0.2, 0.25) is 0 Å². The maximum Gasteiger partial charge on any atom is 0.0715 e. The molecule has 14 heavy (non-hydrogen) atoms. The second kappa shape index (κ2) is 5.56. The van der Waals surface area contributed by atoms with Crippen molar-refractivity contribution in [1.82, 2.24) is 0 Å². The molecule has 0 fully saturated rings. The van der Waals surface area contributed by atoms with E-state index in [-0.39, 0.29) is 6.10 Å². The first-order chi connectivity index (χ1) is 6.63. The number of aryl methyl sites for hydroxylation is 1. The van der Waals surface area contributed by atoms with Gasteiger partial charge in [0.25, 0.3) is 0 Å². The summed E-state index contributed by atoms with van der Waals surface area (Å²) in [4.78, 5) is 0. The molecule has 2 nitrogen and oxygen atoms in total. The Labute approximate surface area is 99.2 Å². The van der Waals surface area contributed by atoms with Gasteiger partial charge in [-0.25, -0.2) is 0 Å². The Kier molecular flexibility index (Phi) is 4.68. The predicted molar refractivity (Wildman–Crippen MR) is 68.9 cm³/mol. The summed E-state index contributed by atoms with van der Waals surface area (Å²) in [6.07, 6.45) is 0.244. The first-order valence-corrected chi connectivity index (χ1v) is 5.74. The number of benzene rings is 1. The third-order valence-electron chi connectivity index (χ3n) is 2.17. The van der Waals surface area contributed by atoms with Gasteiger partial charge in [-0.15, -0.1) is 0 Å². The van der Waals surface area contributed by atoms with E-state index in [0.29, 0.717) is 0 Å². The fourth-order valence-electron chi connectivity index (χ4n) is 1.05. The molecule has 1 aromatic rings. The van der Waals surface area contributed by atoms with Gasteiger partial charge < -0.3 is 10.1 Å². The fourth-order valence-corrected chi connectivity index (χ4v) is 1.56. The number of nitrogens with one attached hydrogen (secondary N) is 1. The van der Waals surface area contributed by atoms with Crippen LogP contribution in [0, 0.1) is 10.5 Å². The first kappa shape index (κ1) is 11.8. The van der Waals surface area contributed by atoms with Gasteiger partial charge in [0.1, 0.15) is 0 Å². The summed E-state index contributed by atoms with van der Waals surface area (Å²) in [6, 6.07) is 6.37. The van der Waals surface area contributed by atoms with Crippen molar-refractivity contribution >= 4 is 28.3 Å². The number of methoxy groups -OCH3 is 1. The van der Waals surface area contributed by atoms with Gasteiger partial charge in [-0.2, -0.15) is 0 Å². The molecule has 1 aromatic carbocycles. The van der Waals surface area contributed by atoms with E-state index in [9.17, 15) is 0 Å². The van der Waals surface area contributed by atoms with E-state index in [1.54, 1.807) is 7.11 Å². The van der Waals surface area contributed by atoms with Crippen LogP contribution in [0.15, 0.2) is 18.2 Å². The molecule has 78 valence electrons. The van der Waals surface area contributed by atoms with Gasteiger partial charge in [0.15, 0.2) is 0 Å². The minimum atomic E-state index is 0.244. The highest BCUT2D eigenvalue weighted by molar-refractivity contribution is 14.1. The van der Waals surface area contributed by atoms with E-state index in [0.717, 1.165) is 12.2 Å². The number of anilines is 1. The van der Waals surface area contributed by atoms with Crippen molar-refractivity contribution in [2.24, 2.45) is 0 Å². The number of ether oxygens (including phenoxy) is 1. The summed E-state index contributed by atoms with van der Waals surface area (Å²) >= 11 is 2.35. The van der Waals surface area contributed by atoms with Crippen molar-refractivity contribution in [3.05, 3.63) is 27.3 Å². The van der Waals surface area contributed by atoms with Crippen molar-refractivity contribution < 1.29 is 4.74 Å². The van der Waals surface area contributed by atoms with Crippen LogP contribution in [0.4, 0.5) is 5.69 Å². The molecule has 1 N–H and O–H groups in total. The Morgan fingerprint density at radius 3 is 2.79 bits per heavy atom. The Bertz CT molecular complexity index is 301. The average Bonchev–Trinajstić information content (AvgIpc) is 2.19. The van der Waals surface area contributed by atoms with Gasteiger partial charge in [0, 0.05) is 22.9 Å². The van der Waals surface area contributed by atoms with E-state index in [2.05, 4.69) is 53.0 Å². The first-order valence-electron chi connectivity index (χ1n) is 4.66. The van der Waals surface area contributed by atoms with Gasteiger partial charge in [-0.3, -0.25) is 0 Å². The molecule has 1 atom stereocenters.